The summed E-state index contributed by atoms with van der Waals surface area (Å²) in [6.07, 6.45) is 3.69. The lowest BCUT2D eigenvalue weighted by atomic mass is 10.1. The summed E-state index contributed by atoms with van der Waals surface area (Å²) in [7, 11) is 1.66. The van der Waals surface area contributed by atoms with E-state index in [2.05, 4.69) is 0 Å². The quantitative estimate of drug-likeness (QED) is 0.835. The van der Waals surface area contributed by atoms with Crippen LogP contribution in [0.1, 0.15) is 23.3 Å². The predicted octanol–water partition coefficient (Wildman–Crippen LogP) is 0.979. The number of hydrogen-bond donors (Lipinski definition) is 1. The molecule has 1 aromatic rings. The van der Waals surface area contributed by atoms with E-state index in [1.807, 2.05) is 27.8 Å². The topological polar surface area (TPSA) is 54.7 Å². The number of amides is 1. The normalized spacial score (nSPS) is 19.1. The number of aliphatic hydroxyl groups excluding tert-OH is 1. The number of hydrogen-bond acceptors (Lipinski definition) is 3. The number of carbonyl (C=O) groups is 1. The molecule has 0 bridgehead atoms. The van der Waals surface area contributed by atoms with E-state index in [0.29, 0.717) is 19.1 Å². The first-order chi connectivity index (χ1) is 9.26. The van der Waals surface area contributed by atoms with Crippen LogP contribution in [0, 0.1) is 5.92 Å². The minimum Gasteiger partial charge on any atom is -0.396 e. The zero-order chi connectivity index (χ0) is 13.7. The van der Waals surface area contributed by atoms with Crippen molar-refractivity contribution in [2.24, 2.45) is 5.92 Å². The first-order valence-corrected chi connectivity index (χ1v) is 6.80. The molecule has 1 saturated heterocycles. The van der Waals surface area contributed by atoms with Gasteiger partial charge in [0.2, 0.25) is 0 Å². The number of aliphatic hydroxyl groups is 1. The Balaban J connectivity index is 1.98. The number of aromatic nitrogens is 1. The molecule has 1 aromatic heterocycles. The van der Waals surface area contributed by atoms with Crippen molar-refractivity contribution in [3.63, 3.8) is 0 Å². The summed E-state index contributed by atoms with van der Waals surface area (Å²) in [6.45, 7) is 3.05. The molecule has 5 nitrogen and oxygen atoms in total. The van der Waals surface area contributed by atoms with Gasteiger partial charge in [0, 0.05) is 39.5 Å². The van der Waals surface area contributed by atoms with Gasteiger partial charge in [-0.05, 0) is 30.9 Å². The van der Waals surface area contributed by atoms with Gasteiger partial charge in [0.1, 0.15) is 5.69 Å². The second-order valence-electron chi connectivity index (χ2n) is 5.00. The van der Waals surface area contributed by atoms with Crippen LogP contribution in [0.3, 0.4) is 0 Å². The van der Waals surface area contributed by atoms with Crippen molar-refractivity contribution in [3.05, 3.63) is 24.0 Å². The fraction of sp³-hybridized carbons (Fsp3) is 0.643. The lowest BCUT2D eigenvalue weighted by Gasteiger charge is -2.18. The number of likely N-dealkylation sites (tertiary alicyclic amines) is 1. The lowest BCUT2D eigenvalue weighted by Crippen LogP contribution is -2.30. The number of carbonyl (C=O) groups excluding carboxylic acids is 1. The van der Waals surface area contributed by atoms with Crippen LogP contribution in [0.4, 0.5) is 0 Å². The van der Waals surface area contributed by atoms with Gasteiger partial charge < -0.3 is 19.3 Å². The number of rotatable bonds is 6. The maximum Gasteiger partial charge on any atom is 0.270 e. The Morgan fingerprint density at radius 1 is 1.58 bits per heavy atom. The van der Waals surface area contributed by atoms with E-state index >= 15 is 0 Å². The van der Waals surface area contributed by atoms with E-state index in [0.717, 1.165) is 31.6 Å². The third-order valence-corrected chi connectivity index (χ3v) is 3.70. The van der Waals surface area contributed by atoms with E-state index in [-0.39, 0.29) is 12.5 Å². The summed E-state index contributed by atoms with van der Waals surface area (Å²) in [5.74, 6) is 0.526. The maximum atomic E-state index is 12.4. The molecule has 1 aliphatic rings. The van der Waals surface area contributed by atoms with Gasteiger partial charge in [-0.15, -0.1) is 0 Å². The second kappa shape index (κ2) is 6.73. The van der Waals surface area contributed by atoms with Gasteiger partial charge in [0.05, 0.1) is 6.61 Å². The molecule has 5 heteroatoms. The van der Waals surface area contributed by atoms with Gasteiger partial charge >= 0.3 is 0 Å². The summed E-state index contributed by atoms with van der Waals surface area (Å²) in [5.41, 5.74) is 0.724. The average Bonchev–Trinajstić information content (AvgIpc) is 3.04. The minimum atomic E-state index is 0.0848. The molecule has 1 atom stereocenters. The Kier molecular flexibility index (Phi) is 4.99. The molecule has 2 heterocycles. The Hall–Kier alpha value is -1.33. The van der Waals surface area contributed by atoms with Crippen LogP contribution in [-0.2, 0) is 11.3 Å². The predicted molar refractivity (Wildman–Crippen MR) is 72.0 cm³/mol. The van der Waals surface area contributed by atoms with Gasteiger partial charge in [-0.2, -0.15) is 0 Å². The average molecular weight is 266 g/mol. The highest BCUT2D eigenvalue weighted by Crippen LogP contribution is 2.21. The zero-order valence-corrected chi connectivity index (χ0v) is 11.4. The third kappa shape index (κ3) is 3.36. The molecule has 0 saturated carbocycles. The molecule has 106 valence electrons. The summed E-state index contributed by atoms with van der Waals surface area (Å²) in [6, 6.07) is 3.75. The van der Waals surface area contributed by atoms with Crippen molar-refractivity contribution in [2.75, 3.05) is 33.4 Å². The summed E-state index contributed by atoms with van der Waals surface area (Å²) in [4.78, 5) is 14.3. The molecule has 1 aliphatic heterocycles. The Morgan fingerprint density at radius 2 is 2.42 bits per heavy atom. The van der Waals surface area contributed by atoms with Crippen LogP contribution in [0.5, 0.6) is 0 Å². The largest absolute Gasteiger partial charge is 0.396 e. The SMILES string of the molecule is COCCn1cccc1C(=O)N1CCC(CCO)C1. The number of nitrogens with zero attached hydrogens (tertiary/aromatic N) is 2. The molecule has 1 amide bonds. The Morgan fingerprint density at radius 3 is 3.16 bits per heavy atom. The highest BCUT2D eigenvalue weighted by Gasteiger charge is 2.27. The first kappa shape index (κ1) is 14.1. The fourth-order valence-electron chi connectivity index (χ4n) is 2.59. The van der Waals surface area contributed by atoms with Crippen LogP contribution in [-0.4, -0.2) is 53.9 Å². The molecular formula is C14H22N2O3. The maximum absolute atomic E-state index is 12.4. The molecule has 1 fully saturated rings. The Labute approximate surface area is 113 Å². The van der Waals surface area contributed by atoms with Gasteiger partial charge in [0.15, 0.2) is 0 Å². The van der Waals surface area contributed by atoms with Gasteiger partial charge in [-0.25, -0.2) is 0 Å². The summed E-state index contributed by atoms with van der Waals surface area (Å²) >= 11 is 0. The zero-order valence-electron chi connectivity index (χ0n) is 11.4. The van der Waals surface area contributed by atoms with E-state index in [9.17, 15) is 4.79 Å². The molecule has 0 aliphatic carbocycles. The van der Waals surface area contributed by atoms with Gasteiger partial charge in [-0.3, -0.25) is 4.79 Å². The molecular weight excluding hydrogens is 244 g/mol. The van der Waals surface area contributed by atoms with Crippen molar-refractivity contribution in [1.29, 1.82) is 0 Å². The summed E-state index contributed by atoms with van der Waals surface area (Å²) < 4.78 is 6.99. The molecule has 2 rings (SSSR count). The van der Waals surface area contributed by atoms with Gasteiger partial charge in [0.25, 0.3) is 5.91 Å². The molecule has 1 unspecified atom stereocenters. The lowest BCUT2D eigenvalue weighted by molar-refractivity contribution is 0.0771. The second-order valence-corrected chi connectivity index (χ2v) is 5.00. The van der Waals surface area contributed by atoms with Crippen LogP contribution < -0.4 is 0 Å². The van der Waals surface area contributed by atoms with Crippen LogP contribution in [0.2, 0.25) is 0 Å². The van der Waals surface area contributed by atoms with Crippen LogP contribution >= 0.6 is 0 Å². The van der Waals surface area contributed by atoms with Crippen molar-refractivity contribution < 1.29 is 14.6 Å². The Bertz CT molecular complexity index is 417. The monoisotopic (exact) mass is 266 g/mol. The highest BCUT2D eigenvalue weighted by atomic mass is 16.5. The number of methoxy groups -OCH3 is 1. The van der Waals surface area contributed by atoms with Crippen molar-refractivity contribution in [2.45, 2.75) is 19.4 Å². The molecule has 19 heavy (non-hydrogen) atoms. The van der Waals surface area contributed by atoms with Crippen LogP contribution in [0.15, 0.2) is 18.3 Å². The smallest absolute Gasteiger partial charge is 0.270 e. The molecule has 0 spiro atoms. The highest BCUT2D eigenvalue weighted by molar-refractivity contribution is 5.93. The van der Waals surface area contributed by atoms with E-state index in [1.54, 1.807) is 7.11 Å². The molecule has 0 aromatic carbocycles. The van der Waals surface area contributed by atoms with Crippen LogP contribution in [0.25, 0.3) is 0 Å². The van der Waals surface area contributed by atoms with E-state index < -0.39 is 0 Å². The first-order valence-electron chi connectivity index (χ1n) is 6.80. The van der Waals surface area contributed by atoms with Crippen molar-refractivity contribution in [3.8, 4) is 0 Å². The van der Waals surface area contributed by atoms with Crippen molar-refractivity contribution >= 4 is 5.91 Å². The molecule has 1 N–H and O–H groups in total. The number of ether oxygens (including phenoxy) is 1. The van der Waals surface area contributed by atoms with E-state index in [1.165, 1.54) is 0 Å². The van der Waals surface area contributed by atoms with E-state index in [4.69, 9.17) is 9.84 Å². The summed E-state index contributed by atoms with van der Waals surface area (Å²) in [5, 5.41) is 8.96. The fourth-order valence-corrected chi connectivity index (χ4v) is 2.59. The molecule has 0 radical (unpaired) electrons. The van der Waals surface area contributed by atoms with Gasteiger partial charge in [-0.1, -0.05) is 0 Å². The van der Waals surface area contributed by atoms with Crippen molar-refractivity contribution in [1.82, 2.24) is 9.47 Å². The standard InChI is InChI=1S/C14H22N2O3/c1-19-10-8-15-6-2-3-13(15)14(18)16-7-4-12(11-16)5-9-17/h2-3,6,12,17H,4-5,7-11H2,1H3. The minimum absolute atomic E-state index is 0.0848. The third-order valence-electron chi connectivity index (χ3n) is 3.70.